The van der Waals surface area contributed by atoms with Crippen LogP contribution < -0.4 is 4.90 Å². The molecule has 0 amide bonds. The van der Waals surface area contributed by atoms with Gasteiger partial charge in [-0.1, -0.05) is 6.07 Å². The molecule has 82 valence electrons. The molecule has 0 bridgehead atoms. The molecular weight excluding hydrogens is 193 g/mol. The maximum absolute atomic E-state index is 13.4. The van der Waals surface area contributed by atoms with Gasteiger partial charge in [0.15, 0.2) is 0 Å². The van der Waals surface area contributed by atoms with E-state index in [9.17, 15) is 4.39 Å². The summed E-state index contributed by atoms with van der Waals surface area (Å²) in [5, 5.41) is 9.16. The first-order chi connectivity index (χ1) is 7.33. The third kappa shape index (κ3) is 2.12. The minimum atomic E-state index is -0.305. The van der Waals surface area contributed by atoms with E-state index in [4.69, 9.17) is 5.11 Å². The number of benzene rings is 1. The van der Waals surface area contributed by atoms with Gasteiger partial charge in [0.05, 0.1) is 6.61 Å². The van der Waals surface area contributed by atoms with Crippen LogP contribution in [0.15, 0.2) is 18.2 Å². The largest absolute Gasteiger partial charge is 0.391 e. The predicted octanol–water partition coefficient (Wildman–Crippen LogP) is 2.31. The van der Waals surface area contributed by atoms with Crippen LogP contribution in [0.4, 0.5) is 10.1 Å². The highest BCUT2D eigenvalue weighted by Gasteiger charge is 2.15. The molecule has 1 aliphatic heterocycles. The Balaban J connectivity index is 2.29. The van der Waals surface area contributed by atoms with E-state index in [2.05, 4.69) is 4.90 Å². The lowest BCUT2D eigenvalue weighted by Crippen LogP contribution is -2.30. The van der Waals surface area contributed by atoms with Crippen LogP contribution in [-0.2, 0) is 6.61 Å². The second-order valence-corrected chi connectivity index (χ2v) is 3.94. The Kier molecular flexibility index (Phi) is 3.21. The Morgan fingerprint density at radius 2 is 1.93 bits per heavy atom. The summed E-state index contributed by atoms with van der Waals surface area (Å²) in [4.78, 5) is 2.16. The average molecular weight is 209 g/mol. The molecule has 0 unspecified atom stereocenters. The number of hydrogen-bond acceptors (Lipinski definition) is 2. The molecule has 0 aliphatic carbocycles. The van der Waals surface area contributed by atoms with Crippen LogP contribution in [0.2, 0.25) is 0 Å². The number of nitrogens with zero attached hydrogens (tertiary/aromatic N) is 1. The van der Waals surface area contributed by atoms with Crippen molar-refractivity contribution in [2.45, 2.75) is 25.9 Å². The highest BCUT2D eigenvalue weighted by Crippen LogP contribution is 2.26. The molecule has 1 fully saturated rings. The fourth-order valence-corrected chi connectivity index (χ4v) is 2.13. The highest BCUT2D eigenvalue weighted by molar-refractivity contribution is 5.54. The monoisotopic (exact) mass is 209 g/mol. The summed E-state index contributed by atoms with van der Waals surface area (Å²) in [6.45, 7) is 1.71. The molecular formula is C12H16FNO. The van der Waals surface area contributed by atoms with Crippen LogP contribution in [0.25, 0.3) is 0 Å². The van der Waals surface area contributed by atoms with Crippen molar-refractivity contribution in [1.82, 2.24) is 0 Å². The minimum Gasteiger partial charge on any atom is -0.391 e. The molecule has 0 atom stereocenters. The standard InChI is InChI=1S/C12H16FNO/c13-11-5-4-6-12(10(11)9-15)14-7-2-1-3-8-14/h4-6,15H,1-3,7-9H2. The molecule has 1 heterocycles. The Morgan fingerprint density at radius 1 is 1.20 bits per heavy atom. The Bertz CT molecular complexity index is 334. The Morgan fingerprint density at radius 3 is 2.60 bits per heavy atom. The van der Waals surface area contributed by atoms with E-state index in [1.807, 2.05) is 6.07 Å². The van der Waals surface area contributed by atoms with Crippen LogP contribution in [0.1, 0.15) is 24.8 Å². The summed E-state index contributed by atoms with van der Waals surface area (Å²) in [6.07, 6.45) is 3.56. The Hall–Kier alpha value is -1.09. The zero-order valence-corrected chi connectivity index (χ0v) is 8.75. The summed E-state index contributed by atoms with van der Waals surface area (Å²) in [5.41, 5.74) is 1.29. The van der Waals surface area contributed by atoms with Crippen molar-refractivity contribution in [2.75, 3.05) is 18.0 Å². The van der Waals surface area contributed by atoms with Gasteiger partial charge in [0.25, 0.3) is 0 Å². The first-order valence-electron chi connectivity index (χ1n) is 5.46. The van der Waals surface area contributed by atoms with E-state index in [-0.39, 0.29) is 12.4 Å². The molecule has 1 N–H and O–H groups in total. The van der Waals surface area contributed by atoms with Crippen LogP contribution in [0.5, 0.6) is 0 Å². The van der Waals surface area contributed by atoms with Gasteiger partial charge in [0, 0.05) is 24.3 Å². The molecule has 2 nitrogen and oxygen atoms in total. The molecule has 1 aliphatic rings. The van der Waals surface area contributed by atoms with E-state index < -0.39 is 0 Å². The van der Waals surface area contributed by atoms with Gasteiger partial charge < -0.3 is 10.0 Å². The third-order valence-corrected chi connectivity index (χ3v) is 2.95. The maximum Gasteiger partial charge on any atom is 0.130 e. The lowest BCUT2D eigenvalue weighted by molar-refractivity contribution is 0.276. The molecule has 1 aromatic rings. The van der Waals surface area contributed by atoms with E-state index in [1.165, 1.54) is 12.5 Å². The minimum absolute atomic E-state index is 0.224. The Labute approximate surface area is 89.3 Å². The second kappa shape index (κ2) is 4.62. The zero-order valence-electron chi connectivity index (χ0n) is 8.75. The number of aliphatic hydroxyl groups is 1. The molecule has 1 saturated heterocycles. The molecule has 0 radical (unpaired) electrons. The van der Waals surface area contributed by atoms with Gasteiger partial charge in [-0.15, -0.1) is 0 Å². The molecule has 0 aromatic heterocycles. The number of piperidine rings is 1. The summed E-state index contributed by atoms with van der Waals surface area (Å²) in [5.74, 6) is -0.305. The summed E-state index contributed by atoms with van der Waals surface area (Å²) >= 11 is 0. The smallest absolute Gasteiger partial charge is 0.130 e. The van der Waals surface area contributed by atoms with Gasteiger partial charge in [0.1, 0.15) is 5.82 Å². The number of rotatable bonds is 2. The topological polar surface area (TPSA) is 23.5 Å². The second-order valence-electron chi connectivity index (χ2n) is 3.94. The van der Waals surface area contributed by atoms with Gasteiger partial charge in [-0.3, -0.25) is 0 Å². The summed E-state index contributed by atoms with van der Waals surface area (Å²) in [6, 6.07) is 5.00. The molecule has 1 aromatic carbocycles. The number of anilines is 1. The van der Waals surface area contributed by atoms with Gasteiger partial charge in [-0.2, -0.15) is 0 Å². The van der Waals surface area contributed by atoms with Crippen molar-refractivity contribution in [3.63, 3.8) is 0 Å². The van der Waals surface area contributed by atoms with Gasteiger partial charge in [-0.25, -0.2) is 4.39 Å². The number of aliphatic hydroxyl groups excluding tert-OH is 1. The van der Waals surface area contributed by atoms with Crippen molar-refractivity contribution < 1.29 is 9.50 Å². The highest BCUT2D eigenvalue weighted by atomic mass is 19.1. The van der Waals surface area contributed by atoms with Crippen molar-refractivity contribution in [3.8, 4) is 0 Å². The molecule has 15 heavy (non-hydrogen) atoms. The van der Waals surface area contributed by atoms with Crippen molar-refractivity contribution >= 4 is 5.69 Å². The van der Waals surface area contributed by atoms with E-state index in [0.717, 1.165) is 31.6 Å². The van der Waals surface area contributed by atoms with Gasteiger partial charge in [0.2, 0.25) is 0 Å². The van der Waals surface area contributed by atoms with Gasteiger partial charge in [-0.05, 0) is 31.4 Å². The van der Waals surface area contributed by atoms with Crippen LogP contribution >= 0.6 is 0 Å². The van der Waals surface area contributed by atoms with Crippen molar-refractivity contribution in [1.29, 1.82) is 0 Å². The summed E-state index contributed by atoms with van der Waals surface area (Å²) in [7, 11) is 0. The lowest BCUT2D eigenvalue weighted by Gasteiger charge is -2.30. The molecule has 0 spiro atoms. The van der Waals surface area contributed by atoms with E-state index in [0.29, 0.717) is 5.56 Å². The van der Waals surface area contributed by atoms with Crippen LogP contribution in [-0.4, -0.2) is 18.2 Å². The fourth-order valence-electron chi connectivity index (χ4n) is 2.13. The number of hydrogen-bond donors (Lipinski definition) is 1. The molecule has 0 saturated carbocycles. The average Bonchev–Trinajstić information content (AvgIpc) is 2.30. The predicted molar refractivity (Wildman–Crippen MR) is 58.4 cm³/mol. The van der Waals surface area contributed by atoms with E-state index in [1.54, 1.807) is 6.07 Å². The maximum atomic E-state index is 13.4. The van der Waals surface area contributed by atoms with Crippen LogP contribution in [0, 0.1) is 5.82 Å². The van der Waals surface area contributed by atoms with Gasteiger partial charge >= 0.3 is 0 Å². The lowest BCUT2D eigenvalue weighted by atomic mass is 10.1. The quantitative estimate of drug-likeness (QED) is 0.808. The zero-order chi connectivity index (χ0) is 10.7. The normalized spacial score (nSPS) is 16.8. The SMILES string of the molecule is OCc1c(F)cccc1N1CCCCC1. The third-order valence-electron chi connectivity index (χ3n) is 2.95. The fraction of sp³-hybridized carbons (Fsp3) is 0.500. The molecule has 2 rings (SSSR count). The number of halogens is 1. The van der Waals surface area contributed by atoms with E-state index >= 15 is 0 Å². The molecule has 3 heteroatoms. The summed E-state index contributed by atoms with van der Waals surface area (Å²) < 4.78 is 13.4. The first kappa shape index (κ1) is 10.4. The van der Waals surface area contributed by atoms with Crippen molar-refractivity contribution in [2.24, 2.45) is 0 Å². The first-order valence-corrected chi connectivity index (χ1v) is 5.46. The van der Waals surface area contributed by atoms with Crippen LogP contribution in [0.3, 0.4) is 0 Å². The van der Waals surface area contributed by atoms with Crippen molar-refractivity contribution in [3.05, 3.63) is 29.6 Å².